The van der Waals surface area contributed by atoms with Crippen LogP contribution in [0.15, 0.2) is 60.8 Å². The highest BCUT2D eigenvalue weighted by Gasteiger charge is 2.26. The number of halogens is 2. The average Bonchev–Trinajstić information content (AvgIpc) is 3.20. The highest BCUT2D eigenvalue weighted by atomic mass is 19.2. The molecule has 192 valence electrons. The molecule has 0 saturated heterocycles. The van der Waals surface area contributed by atoms with Crippen molar-refractivity contribution in [3.05, 3.63) is 89.2 Å². The number of pyridine rings is 1. The monoisotopic (exact) mass is 508 g/mol. The summed E-state index contributed by atoms with van der Waals surface area (Å²) in [5.41, 5.74) is 2.75. The first-order chi connectivity index (χ1) is 17.9. The summed E-state index contributed by atoms with van der Waals surface area (Å²) in [5, 5.41) is 6.50. The second-order valence-corrected chi connectivity index (χ2v) is 8.27. The molecular weight excluding hydrogens is 482 g/mol. The lowest BCUT2D eigenvalue weighted by molar-refractivity contribution is -0.115. The fraction of sp³-hybridized carbons (Fsp3) is 0.222. The van der Waals surface area contributed by atoms with Gasteiger partial charge in [-0.2, -0.15) is 0 Å². The quantitative estimate of drug-likeness (QED) is 0.306. The van der Waals surface area contributed by atoms with Gasteiger partial charge in [-0.05, 0) is 29.3 Å². The summed E-state index contributed by atoms with van der Waals surface area (Å²) in [7, 11) is 2.80. The summed E-state index contributed by atoms with van der Waals surface area (Å²) in [6.45, 7) is 0.790. The molecule has 0 atom stereocenters. The predicted molar refractivity (Wildman–Crippen MR) is 135 cm³/mol. The number of esters is 1. The van der Waals surface area contributed by atoms with Crippen LogP contribution in [-0.4, -0.2) is 42.3 Å². The van der Waals surface area contributed by atoms with Crippen LogP contribution in [0.25, 0.3) is 11.0 Å². The zero-order valence-electron chi connectivity index (χ0n) is 20.4. The van der Waals surface area contributed by atoms with Crippen molar-refractivity contribution in [3.8, 4) is 0 Å². The highest BCUT2D eigenvalue weighted by molar-refractivity contribution is 6.11. The molecule has 4 rings (SSSR count). The molecule has 0 aliphatic carbocycles. The number of amides is 1. The largest absolute Gasteiger partial charge is 0.464 e. The molecule has 2 N–H and O–H groups in total. The van der Waals surface area contributed by atoms with Crippen LogP contribution in [0.4, 0.5) is 20.2 Å². The van der Waals surface area contributed by atoms with E-state index in [1.165, 1.54) is 13.2 Å². The number of benzene rings is 2. The molecule has 0 aliphatic rings. The van der Waals surface area contributed by atoms with Crippen molar-refractivity contribution < 1.29 is 27.8 Å². The van der Waals surface area contributed by atoms with Gasteiger partial charge in [-0.1, -0.05) is 36.4 Å². The third-order valence-corrected chi connectivity index (χ3v) is 5.75. The minimum atomic E-state index is -0.936. The van der Waals surface area contributed by atoms with Gasteiger partial charge in [-0.15, -0.1) is 0 Å². The number of hydrogen-bond donors (Lipinski definition) is 2. The first kappa shape index (κ1) is 25.8. The van der Waals surface area contributed by atoms with Gasteiger partial charge in [0, 0.05) is 25.6 Å². The van der Waals surface area contributed by atoms with E-state index in [2.05, 4.69) is 15.6 Å². The fourth-order valence-electron chi connectivity index (χ4n) is 3.98. The predicted octanol–water partition coefficient (Wildman–Crippen LogP) is 4.54. The number of carbonyl (C=O) groups is 2. The van der Waals surface area contributed by atoms with Crippen molar-refractivity contribution in [2.75, 3.05) is 31.5 Å². The summed E-state index contributed by atoms with van der Waals surface area (Å²) in [6.07, 6.45) is 1.66. The summed E-state index contributed by atoms with van der Waals surface area (Å²) in [5.74, 6) is -2.81. The number of rotatable bonds is 10. The first-order valence-electron chi connectivity index (χ1n) is 11.5. The van der Waals surface area contributed by atoms with Crippen molar-refractivity contribution in [1.82, 2.24) is 9.55 Å². The summed E-state index contributed by atoms with van der Waals surface area (Å²) in [4.78, 5) is 30.3. The van der Waals surface area contributed by atoms with Crippen LogP contribution >= 0.6 is 0 Å². The second-order valence-electron chi connectivity index (χ2n) is 8.27. The Morgan fingerprint density at radius 2 is 1.78 bits per heavy atom. The Balaban J connectivity index is 1.71. The van der Waals surface area contributed by atoms with Crippen LogP contribution in [-0.2, 0) is 33.8 Å². The zero-order valence-corrected chi connectivity index (χ0v) is 20.4. The molecule has 2 aromatic heterocycles. The SMILES string of the molecule is COCCn1c(C(=O)OC)c(NC(=O)Cc2ccccc2)c2cc(NCc3ccc(F)c(F)c3)cnc21. The maximum Gasteiger partial charge on any atom is 0.356 e. The minimum Gasteiger partial charge on any atom is -0.464 e. The van der Waals surface area contributed by atoms with Crippen molar-refractivity contribution >= 4 is 34.3 Å². The second kappa shape index (κ2) is 11.6. The van der Waals surface area contributed by atoms with Crippen molar-refractivity contribution in [3.63, 3.8) is 0 Å². The standard InChI is InChI=1S/C27H26F2N4O4/c1-36-11-10-33-25(27(35)37-2)24(32-23(34)13-17-6-4-3-5-7-17)20-14-19(16-31-26(20)33)30-15-18-8-9-21(28)22(29)12-18/h3-9,12,14,16,30H,10-11,13,15H2,1-2H3,(H,32,34). The van der Waals surface area contributed by atoms with E-state index in [4.69, 9.17) is 9.47 Å². The Morgan fingerprint density at radius 1 is 1.00 bits per heavy atom. The Bertz CT molecular complexity index is 1420. The lowest BCUT2D eigenvalue weighted by Crippen LogP contribution is -2.19. The zero-order chi connectivity index (χ0) is 26.4. The van der Waals surface area contributed by atoms with Gasteiger partial charge >= 0.3 is 5.97 Å². The number of nitrogens with one attached hydrogen (secondary N) is 2. The number of nitrogens with zero attached hydrogens (tertiary/aromatic N) is 2. The molecule has 10 heteroatoms. The minimum absolute atomic E-state index is 0.105. The molecule has 4 aromatic rings. The molecule has 1 amide bonds. The van der Waals surface area contributed by atoms with E-state index in [1.807, 2.05) is 30.3 Å². The van der Waals surface area contributed by atoms with E-state index in [0.717, 1.165) is 17.7 Å². The smallest absolute Gasteiger partial charge is 0.356 e. The molecule has 0 aliphatic heterocycles. The van der Waals surface area contributed by atoms with Crippen LogP contribution in [0.5, 0.6) is 0 Å². The van der Waals surface area contributed by atoms with Crippen molar-refractivity contribution in [2.24, 2.45) is 0 Å². The first-order valence-corrected chi connectivity index (χ1v) is 11.5. The lowest BCUT2D eigenvalue weighted by atomic mass is 10.1. The van der Waals surface area contributed by atoms with Crippen molar-refractivity contribution in [1.29, 1.82) is 0 Å². The van der Waals surface area contributed by atoms with Crippen LogP contribution < -0.4 is 10.6 Å². The van der Waals surface area contributed by atoms with E-state index in [-0.39, 0.29) is 30.3 Å². The maximum absolute atomic E-state index is 13.6. The number of methoxy groups -OCH3 is 2. The molecule has 0 radical (unpaired) electrons. The number of ether oxygens (including phenoxy) is 2. The molecule has 0 bridgehead atoms. The van der Waals surface area contributed by atoms with E-state index < -0.39 is 17.6 Å². The molecule has 2 aromatic carbocycles. The normalized spacial score (nSPS) is 10.9. The van der Waals surface area contributed by atoms with E-state index in [9.17, 15) is 18.4 Å². The van der Waals surface area contributed by atoms with Gasteiger partial charge in [0.05, 0.1) is 37.7 Å². The van der Waals surface area contributed by atoms with E-state index >= 15 is 0 Å². The fourth-order valence-corrected chi connectivity index (χ4v) is 3.98. The van der Waals surface area contributed by atoms with Gasteiger partial charge in [-0.3, -0.25) is 4.79 Å². The molecule has 0 fully saturated rings. The van der Waals surface area contributed by atoms with Gasteiger partial charge in [0.2, 0.25) is 5.91 Å². The van der Waals surface area contributed by atoms with Gasteiger partial charge in [0.25, 0.3) is 0 Å². The Kier molecular flexibility index (Phi) is 8.09. The van der Waals surface area contributed by atoms with Gasteiger partial charge in [0.1, 0.15) is 5.65 Å². The van der Waals surface area contributed by atoms with Crippen LogP contribution in [0.2, 0.25) is 0 Å². The lowest BCUT2D eigenvalue weighted by Gasteiger charge is -2.10. The topological polar surface area (TPSA) is 94.5 Å². The van der Waals surface area contributed by atoms with Crippen LogP contribution in [0, 0.1) is 11.6 Å². The van der Waals surface area contributed by atoms with Crippen LogP contribution in [0.1, 0.15) is 21.6 Å². The maximum atomic E-state index is 13.6. The Hall–Kier alpha value is -4.31. The molecule has 37 heavy (non-hydrogen) atoms. The van der Waals surface area contributed by atoms with E-state index in [0.29, 0.717) is 35.4 Å². The number of aromatic nitrogens is 2. The van der Waals surface area contributed by atoms with Gasteiger partial charge in [-0.25, -0.2) is 18.6 Å². The van der Waals surface area contributed by atoms with Crippen molar-refractivity contribution in [2.45, 2.75) is 19.5 Å². The number of hydrogen-bond acceptors (Lipinski definition) is 6. The van der Waals surface area contributed by atoms with E-state index in [1.54, 1.807) is 23.9 Å². The number of fused-ring (bicyclic) bond motifs is 1. The Morgan fingerprint density at radius 3 is 2.49 bits per heavy atom. The molecular formula is C27H26F2N4O4. The highest BCUT2D eigenvalue weighted by Crippen LogP contribution is 2.33. The summed E-state index contributed by atoms with van der Waals surface area (Å²) >= 11 is 0. The molecule has 8 nitrogen and oxygen atoms in total. The van der Waals surface area contributed by atoms with Crippen LogP contribution in [0.3, 0.4) is 0 Å². The average molecular weight is 509 g/mol. The molecule has 2 heterocycles. The van der Waals surface area contributed by atoms with Gasteiger partial charge in [0.15, 0.2) is 17.3 Å². The third-order valence-electron chi connectivity index (χ3n) is 5.75. The van der Waals surface area contributed by atoms with Gasteiger partial charge < -0.3 is 24.7 Å². The third kappa shape index (κ3) is 5.92. The molecule has 0 unspecified atom stereocenters. The number of anilines is 2. The summed E-state index contributed by atoms with van der Waals surface area (Å²) in [6, 6.07) is 14.6. The molecule has 0 saturated carbocycles. The molecule has 0 spiro atoms. The summed E-state index contributed by atoms with van der Waals surface area (Å²) < 4.78 is 38.7. The Labute approximate surface area is 212 Å². The number of carbonyl (C=O) groups excluding carboxylic acids is 2.